The van der Waals surface area contributed by atoms with Crippen LogP contribution in [-0.4, -0.2) is 52.8 Å². The van der Waals surface area contributed by atoms with Crippen LogP contribution in [0.3, 0.4) is 0 Å². The fraction of sp³-hybridized carbons (Fsp3) is 0.345. The number of likely N-dealkylation sites (tertiary alicyclic amines) is 1. The topological polar surface area (TPSA) is 72.8 Å². The van der Waals surface area contributed by atoms with Crippen LogP contribution in [0.25, 0.3) is 10.8 Å². The number of carbonyl (C=O) groups excluding carboxylic acids is 1. The molecule has 3 N–H and O–H groups in total. The van der Waals surface area contributed by atoms with Crippen LogP contribution in [-0.2, 0) is 5.41 Å². The summed E-state index contributed by atoms with van der Waals surface area (Å²) in [6.07, 6.45) is 3.47. The first-order chi connectivity index (χ1) is 16.5. The minimum atomic E-state index is -0.550. The summed E-state index contributed by atoms with van der Waals surface area (Å²) in [7, 11) is 0. The molecule has 176 valence electrons. The van der Waals surface area contributed by atoms with Crippen molar-refractivity contribution in [3.8, 4) is 5.75 Å². The van der Waals surface area contributed by atoms with E-state index in [1.165, 1.54) is 0 Å². The summed E-state index contributed by atoms with van der Waals surface area (Å²) in [5, 5.41) is 26.9. The van der Waals surface area contributed by atoms with E-state index in [1.807, 2.05) is 60.7 Å². The molecule has 3 aromatic rings. The summed E-state index contributed by atoms with van der Waals surface area (Å²) >= 11 is 0. The predicted molar refractivity (Wildman–Crippen MR) is 135 cm³/mol. The zero-order valence-electron chi connectivity index (χ0n) is 19.4. The molecule has 34 heavy (non-hydrogen) atoms. The van der Waals surface area contributed by atoms with Gasteiger partial charge in [-0.15, -0.1) is 6.58 Å². The lowest BCUT2D eigenvalue weighted by Crippen LogP contribution is -2.61. The minimum Gasteiger partial charge on any atom is -0.508 e. The van der Waals surface area contributed by atoms with Crippen LogP contribution in [0.15, 0.2) is 79.4 Å². The van der Waals surface area contributed by atoms with Crippen molar-refractivity contribution in [3.05, 3.63) is 90.5 Å². The van der Waals surface area contributed by atoms with Crippen LogP contribution in [0.2, 0.25) is 0 Å². The summed E-state index contributed by atoms with van der Waals surface area (Å²) in [5.41, 5.74) is 1.36. The molecular weight excluding hydrogens is 424 g/mol. The van der Waals surface area contributed by atoms with Crippen LogP contribution >= 0.6 is 0 Å². The lowest BCUT2D eigenvalue weighted by Gasteiger charge is -2.54. The number of amides is 1. The Hall–Kier alpha value is -3.15. The fourth-order valence-corrected chi connectivity index (χ4v) is 6.16. The third kappa shape index (κ3) is 4.22. The highest BCUT2D eigenvalue weighted by atomic mass is 16.3. The second kappa shape index (κ2) is 9.24. The molecule has 2 aliphatic rings. The number of fused-ring (bicyclic) bond motifs is 2. The van der Waals surface area contributed by atoms with Crippen molar-refractivity contribution in [2.75, 3.05) is 19.6 Å². The third-order valence-corrected chi connectivity index (χ3v) is 7.80. The van der Waals surface area contributed by atoms with Crippen molar-refractivity contribution in [3.63, 3.8) is 0 Å². The van der Waals surface area contributed by atoms with Gasteiger partial charge in [-0.25, -0.2) is 0 Å². The van der Waals surface area contributed by atoms with Crippen LogP contribution in [0.1, 0.15) is 35.2 Å². The molecule has 1 aliphatic heterocycles. The van der Waals surface area contributed by atoms with Crippen LogP contribution in [0.4, 0.5) is 0 Å². The molecule has 2 fully saturated rings. The zero-order chi connectivity index (χ0) is 23.7. The molecule has 1 saturated carbocycles. The Bertz CT molecular complexity index is 1210. The monoisotopic (exact) mass is 456 g/mol. The number of hydrogen-bond donors (Lipinski definition) is 3. The molecule has 5 heteroatoms. The summed E-state index contributed by atoms with van der Waals surface area (Å²) in [5.74, 6) is 0.143. The van der Waals surface area contributed by atoms with Gasteiger partial charge in [0, 0.05) is 36.0 Å². The van der Waals surface area contributed by atoms with Crippen LogP contribution in [0, 0.1) is 5.92 Å². The number of nitrogens with zero attached hydrogens (tertiary/aromatic N) is 1. The van der Waals surface area contributed by atoms with Gasteiger partial charge in [0.15, 0.2) is 0 Å². The number of aliphatic hydroxyl groups is 1. The number of aliphatic hydroxyl groups excluding tert-OH is 1. The number of aromatic hydroxyl groups is 1. The van der Waals surface area contributed by atoms with Gasteiger partial charge in [-0.05, 0) is 66.4 Å². The largest absolute Gasteiger partial charge is 0.508 e. The number of piperidine rings is 1. The van der Waals surface area contributed by atoms with E-state index < -0.39 is 6.10 Å². The van der Waals surface area contributed by atoms with Crippen molar-refractivity contribution in [1.29, 1.82) is 0 Å². The molecule has 0 aromatic heterocycles. The first-order valence-corrected chi connectivity index (χ1v) is 12.1. The standard InChI is InChI=1S/C29H32N2O3/c1-2-13-31-14-12-29(23-8-5-9-25(32)16-23)18-24(17-27(33)26(29)19-31)30-28(34)22-11-10-20-6-3-4-7-21(20)15-22/h2-11,15-16,24,26-27,32-33H,1,12-14,17-19H2,(H,30,34). The molecule has 5 nitrogen and oxygen atoms in total. The highest BCUT2D eigenvalue weighted by molar-refractivity contribution is 5.98. The van der Waals surface area contributed by atoms with E-state index in [4.69, 9.17) is 0 Å². The summed E-state index contributed by atoms with van der Waals surface area (Å²) in [6, 6.07) is 21.0. The van der Waals surface area contributed by atoms with E-state index in [0.717, 1.165) is 48.8 Å². The summed E-state index contributed by atoms with van der Waals surface area (Å²) in [6.45, 7) is 6.32. The minimum absolute atomic E-state index is 0.0248. The number of phenols is 1. The first-order valence-electron chi connectivity index (χ1n) is 12.1. The maximum Gasteiger partial charge on any atom is 0.251 e. The molecule has 1 amide bonds. The van der Waals surface area contributed by atoms with Gasteiger partial charge in [-0.3, -0.25) is 9.69 Å². The molecule has 1 saturated heterocycles. The Kier molecular flexibility index (Phi) is 6.15. The van der Waals surface area contributed by atoms with Gasteiger partial charge in [0.05, 0.1) is 6.10 Å². The van der Waals surface area contributed by atoms with Crippen molar-refractivity contribution in [2.24, 2.45) is 5.92 Å². The normalized spacial score (nSPS) is 27.1. The Balaban J connectivity index is 1.42. The quantitative estimate of drug-likeness (QED) is 0.502. The van der Waals surface area contributed by atoms with Gasteiger partial charge < -0.3 is 15.5 Å². The predicted octanol–water partition coefficient (Wildman–Crippen LogP) is 4.24. The van der Waals surface area contributed by atoms with Crippen LogP contribution in [0.5, 0.6) is 5.75 Å². The summed E-state index contributed by atoms with van der Waals surface area (Å²) < 4.78 is 0. The van der Waals surface area contributed by atoms with Crippen LogP contribution < -0.4 is 5.32 Å². The molecule has 1 heterocycles. The number of carbonyl (C=O) groups is 1. The number of nitrogens with one attached hydrogen (secondary N) is 1. The molecule has 0 spiro atoms. The molecule has 0 radical (unpaired) electrons. The van der Waals surface area contributed by atoms with E-state index >= 15 is 0 Å². The molecule has 0 bridgehead atoms. The van der Waals surface area contributed by atoms with E-state index in [9.17, 15) is 15.0 Å². The Morgan fingerprint density at radius 2 is 1.94 bits per heavy atom. The van der Waals surface area contributed by atoms with Gasteiger partial charge in [-0.2, -0.15) is 0 Å². The van der Waals surface area contributed by atoms with Crippen molar-refractivity contribution in [2.45, 2.75) is 36.8 Å². The van der Waals surface area contributed by atoms with Gasteiger partial charge in [0.2, 0.25) is 0 Å². The number of benzene rings is 3. The van der Waals surface area contributed by atoms with Gasteiger partial charge in [0.25, 0.3) is 5.91 Å². The summed E-state index contributed by atoms with van der Waals surface area (Å²) in [4.78, 5) is 15.5. The average molecular weight is 457 g/mol. The fourth-order valence-electron chi connectivity index (χ4n) is 6.16. The highest BCUT2D eigenvalue weighted by Gasteiger charge is 2.52. The number of phenolic OH excluding ortho intramolecular Hbond substituents is 1. The lowest BCUT2D eigenvalue weighted by molar-refractivity contribution is -0.0450. The molecule has 3 aromatic carbocycles. The average Bonchev–Trinajstić information content (AvgIpc) is 2.84. The number of hydrogen-bond acceptors (Lipinski definition) is 4. The van der Waals surface area contributed by atoms with Crippen molar-refractivity contribution < 1.29 is 15.0 Å². The van der Waals surface area contributed by atoms with E-state index in [2.05, 4.69) is 22.9 Å². The van der Waals surface area contributed by atoms with Gasteiger partial charge in [-0.1, -0.05) is 48.5 Å². The van der Waals surface area contributed by atoms with E-state index in [0.29, 0.717) is 12.0 Å². The maximum atomic E-state index is 13.2. The van der Waals surface area contributed by atoms with Gasteiger partial charge >= 0.3 is 0 Å². The second-order valence-corrected chi connectivity index (χ2v) is 9.85. The smallest absolute Gasteiger partial charge is 0.251 e. The van der Waals surface area contributed by atoms with Gasteiger partial charge in [0.1, 0.15) is 5.75 Å². The SMILES string of the molecule is C=CCN1CCC2(c3cccc(O)c3)CC(NC(=O)c3ccc4ccccc4c3)CC(O)C2C1. The Morgan fingerprint density at radius 1 is 1.12 bits per heavy atom. The maximum absolute atomic E-state index is 13.2. The van der Waals surface area contributed by atoms with E-state index in [-0.39, 0.29) is 29.0 Å². The molecular formula is C29H32N2O3. The van der Waals surface area contributed by atoms with Crippen molar-refractivity contribution in [1.82, 2.24) is 10.2 Å². The molecule has 4 unspecified atom stereocenters. The third-order valence-electron chi connectivity index (χ3n) is 7.80. The van der Waals surface area contributed by atoms with Crippen molar-refractivity contribution >= 4 is 16.7 Å². The lowest BCUT2D eigenvalue weighted by atomic mass is 9.57. The zero-order valence-corrected chi connectivity index (χ0v) is 19.4. The number of rotatable bonds is 5. The molecule has 4 atom stereocenters. The highest BCUT2D eigenvalue weighted by Crippen LogP contribution is 2.49. The van der Waals surface area contributed by atoms with E-state index in [1.54, 1.807) is 6.07 Å². The Labute approximate surface area is 200 Å². The Morgan fingerprint density at radius 3 is 2.74 bits per heavy atom. The first kappa shape index (κ1) is 22.6. The molecule has 1 aliphatic carbocycles. The molecule has 5 rings (SSSR count). The second-order valence-electron chi connectivity index (χ2n) is 9.85.